The quantitative estimate of drug-likeness (QED) is 0.738. The average Bonchev–Trinajstić information content (AvgIpc) is 2.55. The van der Waals surface area contributed by atoms with Gasteiger partial charge in [0.2, 0.25) is 0 Å². The van der Waals surface area contributed by atoms with Crippen molar-refractivity contribution in [2.24, 2.45) is 5.92 Å². The van der Waals surface area contributed by atoms with Gasteiger partial charge in [0.25, 0.3) is 0 Å². The number of nitrogens with one attached hydrogen (secondary N) is 1. The van der Waals surface area contributed by atoms with Gasteiger partial charge in [-0.2, -0.15) is 0 Å². The van der Waals surface area contributed by atoms with Crippen LogP contribution < -0.4 is 5.32 Å². The van der Waals surface area contributed by atoms with Gasteiger partial charge in [-0.05, 0) is 45.2 Å². The number of fused-ring (bicyclic) bond motifs is 2. The lowest BCUT2D eigenvalue weighted by molar-refractivity contribution is 0.111. The highest BCUT2D eigenvalue weighted by molar-refractivity contribution is 4.94. The van der Waals surface area contributed by atoms with E-state index in [0.29, 0.717) is 0 Å². The number of hydrogen-bond acceptors (Lipinski definition) is 3. The van der Waals surface area contributed by atoms with Gasteiger partial charge in [-0.3, -0.25) is 9.80 Å². The highest BCUT2D eigenvalue weighted by Gasteiger charge is 2.37. The molecule has 3 heterocycles. The van der Waals surface area contributed by atoms with Crippen molar-refractivity contribution in [1.29, 1.82) is 0 Å². The molecule has 3 aliphatic heterocycles. The summed E-state index contributed by atoms with van der Waals surface area (Å²) in [6.07, 6.45) is 5.60. The van der Waals surface area contributed by atoms with E-state index in [-0.39, 0.29) is 0 Å². The maximum absolute atomic E-state index is 3.58. The molecule has 4 atom stereocenters. The molecule has 0 aromatic rings. The van der Waals surface area contributed by atoms with Crippen LogP contribution in [0.4, 0.5) is 0 Å². The van der Waals surface area contributed by atoms with E-state index in [9.17, 15) is 0 Å². The van der Waals surface area contributed by atoms with Crippen molar-refractivity contribution >= 4 is 0 Å². The van der Waals surface area contributed by atoms with Crippen LogP contribution in [0.25, 0.3) is 0 Å². The highest BCUT2D eigenvalue weighted by Crippen LogP contribution is 2.30. The summed E-state index contributed by atoms with van der Waals surface area (Å²) in [6, 6.07) is 2.49. The van der Waals surface area contributed by atoms with Crippen LogP contribution in [0.2, 0.25) is 0 Å². The Kier molecular flexibility index (Phi) is 3.42. The number of hydrogen-bond donors (Lipinski definition) is 1. The predicted octanol–water partition coefficient (Wildman–Crippen LogP) is 1.15. The molecule has 1 N–H and O–H groups in total. The van der Waals surface area contributed by atoms with E-state index in [2.05, 4.69) is 29.1 Å². The molecule has 0 amide bonds. The predicted molar refractivity (Wildman–Crippen MR) is 71.2 cm³/mol. The Labute approximate surface area is 106 Å². The SMILES string of the molecule is CC1CCNCC1N1CCC2CCC(C1)N2C. The average molecular weight is 237 g/mol. The summed E-state index contributed by atoms with van der Waals surface area (Å²) < 4.78 is 0. The first-order chi connectivity index (χ1) is 8.25. The van der Waals surface area contributed by atoms with Gasteiger partial charge in [0, 0.05) is 37.8 Å². The third kappa shape index (κ3) is 2.25. The lowest BCUT2D eigenvalue weighted by Crippen LogP contribution is -2.52. The zero-order valence-corrected chi connectivity index (χ0v) is 11.4. The summed E-state index contributed by atoms with van der Waals surface area (Å²) in [6.45, 7) is 7.50. The number of rotatable bonds is 1. The summed E-state index contributed by atoms with van der Waals surface area (Å²) in [5.74, 6) is 0.873. The van der Waals surface area contributed by atoms with Crippen molar-refractivity contribution in [3.05, 3.63) is 0 Å². The van der Waals surface area contributed by atoms with Crippen LogP contribution in [0.3, 0.4) is 0 Å². The van der Waals surface area contributed by atoms with Gasteiger partial charge in [0.1, 0.15) is 0 Å². The fourth-order valence-corrected chi connectivity index (χ4v) is 4.10. The maximum atomic E-state index is 3.58. The highest BCUT2D eigenvalue weighted by atomic mass is 15.3. The molecule has 3 saturated heterocycles. The van der Waals surface area contributed by atoms with Crippen molar-refractivity contribution in [2.45, 2.75) is 50.7 Å². The largest absolute Gasteiger partial charge is 0.315 e. The first kappa shape index (κ1) is 11.9. The normalized spacial score (nSPS) is 44.8. The Hall–Kier alpha value is -0.120. The molecule has 0 radical (unpaired) electrons. The van der Waals surface area contributed by atoms with Gasteiger partial charge in [0.15, 0.2) is 0 Å². The molecule has 98 valence electrons. The van der Waals surface area contributed by atoms with Crippen LogP contribution in [-0.4, -0.2) is 61.2 Å². The first-order valence-electron chi connectivity index (χ1n) is 7.42. The Bertz CT molecular complexity index is 268. The minimum absolute atomic E-state index is 0.788. The maximum Gasteiger partial charge on any atom is 0.0247 e. The van der Waals surface area contributed by atoms with Crippen molar-refractivity contribution in [1.82, 2.24) is 15.1 Å². The van der Waals surface area contributed by atoms with Crippen molar-refractivity contribution in [3.63, 3.8) is 0 Å². The molecule has 3 aliphatic rings. The molecule has 3 fully saturated rings. The van der Waals surface area contributed by atoms with E-state index < -0.39 is 0 Å². The molecule has 0 aliphatic carbocycles. The molecule has 17 heavy (non-hydrogen) atoms. The van der Waals surface area contributed by atoms with Gasteiger partial charge in [-0.15, -0.1) is 0 Å². The van der Waals surface area contributed by atoms with Gasteiger partial charge >= 0.3 is 0 Å². The Morgan fingerprint density at radius 3 is 2.71 bits per heavy atom. The van der Waals surface area contributed by atoms with E-state index in [1.54, 1.807) is 0 Å². The molecule has 0 spiro atoms. The molecular weight excluding hydrogens is 210 g/mol. The standard InChI is InChI=1S/C14H27N3/c1-11-5-7-15-9-14(11)17-8-6-12-3-4-13(10-17)16(12)2/h11-15H,3-10H2,1-2H3. The number of likely N-dealkylation sites (tertiary alicyclic amines) is 1. The summed E-state index contributed by atoms with van der Waals surface area (Å²) in [5, 5.41) is 3.58. The summed E-state index contributed by atoms with van der Waals surface area (Å²) in [4.78, 5) is 5.44. The van der Waals surface area contributed by atoms with Crippen LogP contribution in [0, 0.1) is 5.92 Å². The number of piperidine rings is 1. The molecule has 3 nitrogen and oxygen atoms in total. The Balaban J connectivity index is 1.68. The molecule has 4 unspecified atom stereocenters. The third-order valence-corrected chi connectivity index (χ3v) is 5.44. The summed E-state index contributed by atoms with van der Waals surface area (Å²) in [5.41, 5.74) is 0. The van der Waals surface area contributed by atoms with E-state index >= 15 is 0 Å². The molecular formula is C14H27N3. The molecule has 0 aromatic heterocycles. The van der Waals surface area contributed by atoms with Crippen LogP contribution in [0.15, 0.2) is 0 Å². The lowest BCUT2D eigenvalue weighted by atomic mass is 9.92. The molecule has 0 aromatic carbocycles. The fraction of sp³-hybridized carbons (Fsp3) is 1.00. The Morgan fingerprint density at radius 1 is 1.06 bits per heavy atom. The Morgan fingerprint density at radius 2 is 1.88 bits per heavy atom. The van der Waals surface area contributed by atoms with E-state index in [0.717, 1.165) is 24.0 Å². The van der Waals surface area contributed by atoms with Gasteiger partial charge in [-0.25, -0.2) is 0 Å². The van der Waals surface area contributed by atoms with E-state index in [4.69, 9.17) is 0 Å². The van der Waals surface area contributed by atoms with Gasteiger partial charge < -0.3 is 5.32 Å². The third-order valence-electron chi connectivity index (χ3n) is 5.44. The summed E-state index contributed by atoms with van der Waals surface area (Å²) >= 11 is 0. The van der Waals surface area contributed by atoms with Crippen LogP contribution in [0.1, 0.15) is 32.6 Å². The molecule has 2 bridgehead atoms. The van der Waals surface area contributed by atoms with Crippen molar-refractivity contribution in [3.8, 4) is 0 Å². The van der Waals surface area contributed by atoms with E-state index in [1.165, 1.54) is 51.9 Å². The molecule has 3 rings (SSSR count). The van der Waals surface area contributed by atoms with Crippen LogP contribution >= 0.6 is 0 Å². The second-order valence-corrected chi connectivity index (χ2v) is 6.37. The van der Waals surface area contributed by atoms with Crippen LogP contribution in [-0.2, 0) is 0 Å². The van der Waals surface area contributed by atoms with Crippen molar-refractivity contribution in [2.75, 3.05) is 33.2 Å². The second kappa shape index (κ2) is 4.87. The number of nitrogens with zero attached hydrogens (tertiary/aromatic N) is 2. The number of likely N-dealkylation sites (N-methyl/N-ethyl adjacent to an activating group) is 1. The molecule has 3 heteroatoms. The van der Waals surface area contributed by atoms with Crippen molar-refractivity contribution < 1.29 is 0 Å². The zero-order chi connectivity index (χ0) is 11.8. The van der Waals surface area contributed by atoms with Gasteiger partial charge in [0.05, 0.1) is 0 Å². The minimum atomic E-state index is 0.788. The second-order valence-electron chi connectivity index (χ2n) is 6.37. The zero-order valence-electron chi connectivity index (χ0n) is 11.4. The monoisotopic (exact) mass is 237 g/mol. The first-order valence-corrected chi connectivity index (χ1v) is 7.42. The minimum Gasteiger partial charge on any atom is -0.315 e. The lowest BCUT2D eigenvalue weighted by Gasteiger charge is -2.39. The smallest absolute Gasteiger partial charge is 0.0247 e. The molecule has 0 saturated carbocycles. The fourth-order valence-electron chi connectivity index (χ4n) is 4.10. The summed E-state index contributed by atoms with van der Waals surface area (Å²) in [7, 11) is 2.34. The van der Waals surface area contributed by atoms with Gasteiger partial charge in [-0.1, -0.05) is 6.92 Å². The van der Waals surface area contributed by atoms with Crippen LogP contribution in [0.5, 0.6) is 0 Å². The van der Waals surface area contributed by atoms with E-state index in [1.807, 2.05) is 0 Å². The topological polar surface area (TPSA) is 18.5 Å².